The number of esters is 1. The number of hydrogen-bond donors (Lipinski definition) is 0. The molecule has 2 aromatic rings. The minimum Gasteiger partial charge on any atom is -0.468 e. The number of rotatable bonds is 5. The zero-order valence-electron chi connectivity index (χ0n) is 14.2. The molecule has 0 radical (unpaired) electrons. The van der Waals surface area contributed by atoms with Gasteiger partial charge in [0.1, 0.15) is 16.7 Å². The second kappa shape index (κ2) is 7.82. The molecule has 2 unspecified atom stereocenters. The number of carbonyl (C=O) groups excluding carboxylic acids is 1. The summed E-state index contributed by atoms with van der Waals surface area (Å²) in [7, 11) is 1.37. The SMILES string of the molecule is COC(=O)CSc1cncc(N2CC(c3ccc(F)cc3)CC2C)n1. The van der Waals surface area contributed by atoms with Gasteiger partial charge in [0.05, 0.1) is 25.3 Å². The lowest BCUT2D eigenvalue weighted by molar-refractivity contribution is -0.137. The van der Waals surface area contributed by atoms with E-state index < -0.39 is 0 Å². The number of halogens is 1. The summed E-state index contributed by atoms with van der Waals surface area (Å²) in [5.41, 5.74) is 1.14. The molecule has 1 aromatic heterocycles. The number of carbonyl (C=O) groups is 1. The summed E-state index contributed by atoms with van der Waals surface area (Å²) < 4.78 is 17.8. The van der Waals surface area contributed by atoms with E-state index in [0.717, 1.165) is 24.3 Å². The Kier molecular flexibility index (Phi) is 5.53. The minimum absolute atomic E-state index is 0.211. The van der Waals surface area contributed by atoms with Gasteiger partial charge < -0.3 is 9.64 Å². The van der Waals surface area contributed by atoms with Gasteiger partial charge in [-0.25, -0.2) is 9.37 Å². The molecule has 0 aliphatic carbocycles. The number of aromatic nitrogens is 2. The van der Waals surface area contributed by atoms with Gasteiger partial charge in [-0.15, -0.1) is 0 Å². The summed E-state index contributed by atoms with van der Waals surface area (Å²) in [6, 6.07) is 7.03. The van der Waals surface area contributed by atoms with Crippen LogP contribution in [0.3, 0.4) is 0 Å². The standard InChI is InChI=1S/C18H20FN3O2S/c1-12-7-14(13-3-5-15(19)6-4-13)10-22(12)16-8-20-9-17(21-16)25-11-18(23)24-2/h3-6,8-9,12,14H,7,10-11H2,1-2H3. The van der Waals surface area contributed by atoms with Crippen molar-refractivity contribution in [2.45, 2.75) is 30.3 Å². The first-order valence-electron chi connectivity index (χ1n) is 8.10. The first-order chi connectivity index (χ1) is 12.1. The van der Waals surface area contributed by atoms with E-state index in [1.54, 1.807) is 12.4 Å². The van der Waals surface area contributed by atoms with Crippen LogP contribution < -0.4 is 4.90 Å². The second-order valence-corrected chi connectivity index (χ2v) is 7.06. The number of benzene rings is 1. The summed E-state index contributed by atoms with van der Waals surface area (Å²) in [4.78, 5) is 22.3. The largest absolute Gasteiger partial charge is 0.468 e. The maximum absolute atomic E-state index is 13.1. The molecule has 1 fully saturated rings. The summed E-state index contributed by atoms with van der Waals surface area (Å²) in [6.07, 6.45) is 4.37. The van der Waals surface area contributed by atoms with Crippen molar-refractivity contribution in [3.05, 3.63) is 48.0 Å². The molecule has 2 heterocycles. The zero-order valence-corrected chi connectivity index (χ0v) is 15.0. The van der Waals surface area contributed by atoms with Crippen molar-refractivity contribution in [3.8, 4) is 0 Å². The molecule has 5 nitrogen and oxygen atoms in total. The molecule has 0 bridgehead atoms. The van der Waals surface area contributed by atoms with Crippen LogP contribution in [0, 0.1) is 5.82 Å². The molecule has 7 heteroatoms. The number of nitrogens with zero attached hydrogens (tertiary/aromatic N) is 3. The van der Waals surface area contributed by atoms with Crippen LogP contribution in [0.2, 0.25) is 0 Å². The topological polar surface area (TPSA) is 55.3 Å². The summed E-state index contributed by atoms with van der Waals surface area (Å²) in [5, 5.41) is 0.695. The maximum Gasteiger partial charge on any atom is 0.316 e. The van der Waals surface area contributed by atoms with Crippen LogP contribution in [-0.2, 0) is 9.53 Å². The average Bonchev–Trinajstić information content (AvgIpc) is 3.02. The highest BCUT2D eigenvalue weighted by atomic mass is 32.2. The van der Waals surface area contributed by atoms with E-state index in [1.807, 2.05) is 12.1 Å². The molecule has 2 atom stereocenters. The maximum atomic E-state index is 13.1. The molecule has 1 aromatic carbocycles. The van der Waals surface area contributed by atoms with Gasteiger partial charge in [0.15, 0.2) is 0 Å². The van der Waals surface area contributed by atoms with Crippen molar-refractivity contribution >= 4 is 23.5 Å². The molecule has 1 saturated heterocycles. The second-order valence-electron chi connectivity index (χ2n) is 6.07. The van der Waals surface area contributed by atoms with Crippen molar-refractivity contribution < 1.29 is 13.9 Å². The fourth-order valence-electron chi connectivity index (χ4n) is 3.06. The van der Waals surface area contributed by atoms with Crippen LogP contribution in [-0.4, -0.2) is 41.4 Å². The van der Waals surface area contributed by atoms with E-state index in [-0.39, 0.29) is 17.5 Å². The van der Waals surface area contributed by atoms with E-state index in [9.17, 15) is 9.18 Å². The first kappa shape index (κ1) is 17.7. The third kappa shape index (κ3) is 4.28. The van der Waals surface area contributed by atoms with E-state index >= 15 is 0 Å². The van der Waals surface area contributed by atoms with Gasteiger partial charge in [0.25, 0.3) is 0 Å². The van der Waals surface area contributed by atoms with E-state index in [1.165, 1.54) is 31.0 Å². The Bertz CT molecular complexity index is 741. The number of anilines is 1. The zero-order chi connectivity index (χ0) is 17.8. The van der Waals surface area contributed by atoms with Gasteiger partial charge in [0, 0.05) is 18.5 Å². The third-order valence-electron chi connectivity index (χ3n) is 4.38. The fourth-order valence-corrected chi connectivity index (χ4v) is 3.74. The first-order valence-corrected chi connectivity index (χ1v) is 9.09. The third-order valence-corrected chi connectivity index (χ3v) is 5.25. The molecule has 1 aliphatic rings. The molecule has 0 N–H and O–H groups in total. The van der Waals surface area contributed by atoms with Gasteiger partial charge in [-0.05, 0) is 31.0 Å². The molecular weight excluding hydrogens is 341 g/mol. The van der Waals surface area contributed by atoms with Crippen molar-refractivity contribution in [2.24, 2.45) is 0 Å². The molecule has 0 amide bonds. The quantitative estimate of drug-likeness (QED) is 0.602. The molecule has 1 aliphatic heterocycles. The van der Waals surface area contributed by atoms with Gasteiger partial charge in [-0.1, -0.05) is 23.9 Å². The Morgan fingerprint density at radius 3 is 2.84 bits per heavy atom. The Hall–Kier alpha value is -2.15. The van der Waals surface area contributed by atoms with Crippen molar-refractivity contribution in [2.75, 3.05) is 24.3 Å². The van der Waals surface area contributed by atoms with Crippen molar-refractivity contribution in [3.63, 3.8) is 0 Å². The van der Waals surface area contributed by atoms with Crippen molar-refractivity contribution in [1.29, 1.82) is 0 Å². The fraction of sp³-hybridized carbons (Fsp3) is 0.389. The number of methoxy groups -OCH3 is 1. The normalized spacial score (nSPS) is 19.9. The molecule has 0 saturated carbocycles. The molecule has 3 rings (SSSR count). The van der Waals surface area contributed by atoms with E-state index in [4.69, 9.17) is 0 Å². The average molecular weight is 361 g/mol. The van der Waals surface area contributed by atoms with Crippen LogP contribution in [0.15, 0.2) is 41.7 Å². The van der Waals surface area contributed by atoms with Crippen LogP contribution >= 0.6 is 11.8 Å². The predicted octanol–water partition coefficient (Wildman–Crippen LogP) is 3.26. The molecule has 132 valence electrons. The van der Waals surface area contributed by atoms with E-state index in [2.05, 4.69) is 26.5 Å². The van der Waals surface area contributed by atoms with Gasteiger partial charge in [0.2, 0.25) is 0 Å². The highest BCUT2D eigenvalue weighted by molar-refractivity contribution is 7.99. The van der Waals surface area contributed by atoms with Crippen molar-refractivity contribution in [1.82, 2.24) is 9.97 Å². The molecule has 0 spiro atoms. The van der Waals surface area contributed by atoms with Crippen LogP contribution in [0.5, 0.6) is 0 Å². The number of ether oxygens (including phenoxy) is 1. The Morgan fingerprint density at radius 1 is 1.36 bits per heavy atom. The van der Waals surface area contributed by atoms with Gasteiger partial charge >= 0.3 is 5.97 Å². The smallest absolute Gasteiger partial charge is 0.316 e. The highest BCUT2D eigenvalue weighted by Crippen LogP contribution is 2.34. The number of hydrogen-bond acceptors (Lipinski definition) is 6. The lowest BCUT2D eigenvalue weighted by Gasteiger charge is -2.22. The highest BCUT2D eigenvalue weighted by Gasteiger charge is 2.31. The van der Waals surface area contributed by atoms with Crippen LogP contribution in [0.4, 0.5) is 10.2 Å². The minimum atomic E-state index is -0.289. The van der Waals surface area contributed by atoms with E-state index in [0.29, 0.717) is 17.0 Å². The number of thioether (sulfide) groups is 1. The molecule has 25 heavy (non-hydrogen) atoms. The lowest BCUT2D eigenvalue weighted by atomic mass is 9.97. The van der Waals surface area contributed by atoms with Crippen LogP contribution in [0.25, 0.3) is 0 Å². The Balaban J connectivity index is 1.71. The molecular formula is C18H20FN3O2S. The Labute approximate surface area is 150 Å². The lowest BCUT2D eigenvalue weighted by Crippen LogP contribution is -2.27. The summed E-state index contributed by atoms with van der Waals surface area (Å²) in [6.45, 7) is 2.96. The van der Waals surface area contributed by atoms with Gasteiger partial charge in [-0.3, -0.25) is 9.78 Å². The summed E-state index contributed by atoms with van der Waals surface area (Å²) >= 11 is 1.31. The van der Waals surface area contributed by atoms with Crippen LogP contribution in [0.1, 0.15) is 24.8 Å². The monoisotopic (exact) mass is 361 g/mol. The Morgan fingerprint density at radius 2 is 2.12 bits per heavy atom. The predicted molar refractivity (Wildman–Crippen MR) is 95.3 cm³/mol. The van der Waals surface area contributed by atoms with Gasteiger partial charge in [-0.2, -0.15) is 0 Å². The summed E-state index contributed by atoms with van der Waals surface area (Å²) in [5.74, 6) is 0.842.